The fourth-order valence-corrected chi connectivity index (χ4v) is 2.54. The molecule has 0 aliphatic heterocycles. The number of carbonyl (C=O) groups excluding carboxylic acids is 1. The number of rotatable bonds is 6. The molecule has 0 bridgehead atoms. The van der Waals surface area contributed by atoms with Crippen LogP contribution in [-0.4, -0.2) is 5.91 Å². The van der Waals surface area contributed by atoms with E-state index in [2.05, 4.69) is 13.8 Å². The standard InChI is InChI=1S/C21H17F4NO3/c1-11(2)12-3-5-13(6-4-12)28-10-14-7-8-17(29-14)21(27)26-20-18(24)15(22)9-16(23)19(20)25/h3-9,11H,10H2,1-2H3,(H,26,27). The van der Waals surface area contributed by atoms with Gasteiger partial charge in [0.05, 0.1) is 0 Å². The number of hydrogen-bond acceptors (Lipinski definition) is 3. The number of hydrogen-bond donors (Lipinski definition) is 1. The first-order valence-corrected chi connectivity index (χ1v) is 8.72. The van der Waals surface area contributed by atoms with Gasteiger partial charge < -0.3 is 14.5 Å². The number of nitrogens with one attached hydrogen (secondary N) is 1. The van der Waals surface area contributed by atoms with E-state index in [4.69, 9.17) is 9.15 Å². The smallest absolute Gasteiger partial charge is 0.291 e. The van der Waals surface area contributed by atoms with Crippen molar-refractivity contribution in [2.75, 3.05) is 5.32 Å². The number of carbonyl (C=O) groups is 1. The van der Waals surface area contributed by atoms with E-state index in [0.29, 0.717) is 11.7 Å². The second-order valence-corrected chi connectivity index (χ2v) is 6.58. The van der Waals surface area contributed by atoms with Crippen LogP contribution in [0.5, 0.6) is 5.75 Å². The van der Waals surface area contributed by atoms with E-state index >= 15 is 0 Å². The van der Waals surface area contributed by atoms with E-state index in [0.717, 1.165) is 5.56 Å². The first-order valence-electron chi connectivity index (χ1n) is 8.72. The molecule has 1 aromatic heterocycles. The van der Waals surface area contributed by atoms with Crippen LogP contribution in [0.3, 0.4) is 0 Å². The summed E-state index contributed by atoms with van der Waals surface area (Å²) in [7, 11) is 0. The summed E-state index contributed by atoms with van der Waals surface area (Å²) in [6, 6.07) is 10.2. The highest BCUT2D eigenvalue weighted by Gasteiger charge is 2.22. The van der Waals surface area contributed by atoms with Crippen molar-refractivity contribution in [1.82, 2.24) is 0 Å². The number of anilines is 1. The zero-order valence-electron chi connectivity index (χ0n) is 15.6. The van der Waals surface area contributed by atoms with Gasteiger partial charge in [0, 0.05) is 6.07 Å². The average molecular weight is 407 g/mol. The number of ether oxygens (including phenoxy) is 1. The summed E-state index contributed by atoms with van der Waals surface area (Å²) in [6.07, 6.45) is 0. The molecule has 152 valence electrons. The van der Waals surface area contributed by atoms with Gasteiger partial charge in [0.2, 0.25) is 0 Å². The van der Waals surface area contributed by atoms with Crippen molar-refractivity contribution in [3.8, 4) is 5.75 Å². The molecule has 29 heavy (non-hydrogen) atoms. The third-order valence-electron chi connectivity index (χ3n) is 4.16. The molecule has 2 aromatic carbocycles. The van der Waals surface area contributed by atoms with Crippen LogP contribution < -0.4 is 10.1 Å². The lowest BCUT2D eigenvalue weighted by Crippen LogP contribution is -2.15. The van der Waals surface area contributed by atoms with Crippen molar-refractivity contribution in [2.45, 2.75) is 26.4 Å². The molecule has 0 saturated heterocycles. The second kappa shape index (κ2) is 8.38. The van der Waals surface area contributed by atoms with E-state index < -0.39 is 34.9 Å². The lowest BCUT2D eigenvalue weighted by atomic mass is 10.0. The van der Waals surface area contributed by atoms with Crippen LogP contribution in [-0.2, 0) is 6.61 Å². The zero-order chi connectivity index (χ0) is 21.1. The van der Waals surface area contributed by atoms with Crippen molar-refractivity contribution >= 4 is 11.6 Å². The minimum Gasteiger partial charge on any atom is -0.486 e. The largest absolute Gasteiger partial charge is 0.486 e. The van der Waals surface area contributed by atoms with Gasteiger partial charge in [0.15, 0.2) is 29.0 Å². The molecule has 3 rings (SSSR count). The molecule has 3 aromatic rings. The molecule has 1 amide bonds. The van der Waals surface area contributed by atoms with Crippen molar-refractivity contribution in [3.05, 3.63) is 82.8 Å². The Hall–Kier alpha value is -3.29. The number of furan rings is 1. The molecule has 0 spiro atoms. The van der Waals surface area contributed by atoms with Crippen LogP contribution in [0.1, 0.15) is 41.6 Å². The van der Waals surface area contributed by atoms with Crippen molar-refractivity contribution < 1.29 is 31.5 Å². The Kier molecular flexibility index (Phi) is 5.91. The van der Waals surface area contributed by atoms with Crippen molar-refractivity contribution in [2.24, 2.45) is 0 Å². The molecule has 0 radical (unpaired) electrons. The molecule has 0 fully saturated rings. The number of halogens is 4. The van der Waals surface area contributed by atoms with Crippen LogP contribution in [0.4, 0.5) is 23.2 Å². The Balaban J connectivity index is 1.66. The average Bonchev–Trinajstić information content (AvgIpc) is 3.17. The van der Waals surface area contributed by atoms with Gasteiger partial charge in [0.25, 0.3) is 5.91 Å². The maximum atomic E-state index is 13.7. The van der Waals surface area contributed by atoms with Gasteiger partial charge in [-0.2, -0.15) is 0 Å². The summed E-state index contributed by atoms with van der Waals surface area (Å²) >= 11 is 0. The van der Waals surface area contributed by atoms with E-state index in [1.54, 1.807) is 17.4 Å². The molecular formula is C21H17F4NO3. The molecule has 0 unspecified atom stereocenters. The van der Waals surface area contributed by atoms with Gasteiger partial charge in [-0.15, -0.1) is 0 Å². The van der Waals surface area contributed by atoms with E-state index in [9.17, 15) is 22.4 Å². The van der Waals surface area contributed by atoms with E-state index in [1.165, 1.54) is 12.1 Å². The zero-order valence-corrected chi connectivity index (χ0v) is 15.6. The van der Waals surface area contributed by atoms with Crippen LogP contribution >= 0.6 is 0 Å². The monoisotopic (exact) mass is 407 g/mol. The maximum Gasteiger partial charge on any atom is 0.291 e. The Labute approximate surface area is 164 Å². The first kappa shape index (κ1) is 20.4. The predicted molar refractivity (Wildman–Crippen MR) is 97.8 cm³/mol. The minimum absolute atomic E-state index is 0.00558. The summed E-state index contributed by atoms with van der Waals surface area (Å²) in [6.45, 7) is 4.15. The predicted octanol–water partition coefficient (Wildman–Crippen LogP) is 5.79. The number of amides is 1. The summed E-state index contributed by atoms with van der Waals surface area (Å²) in [5.41, 5.74) is -0.0745. The highest BCUT2D eigenvalue weighted by molar-refractivity contribution is 6.02. The van der Waals surface area contributed by atoms with Gasteiger partial charge in [0.1, 0.15) is 23.8 Å². The second-order valence-electron chi connectivity index (χ2n) is 6.58. The Morgan fingerprint density at radius 2 is 1.62 bits per heavy atom. The molecule has 8 heteroatoms. The van der Waals surface area contributed by atoms with Gasteiger partial charge in [-0.05, 0) is 35.7 Å². The summed E-state index contributed by atoms with van der Waals surface area (Å²) in [5.74, 6) is -6.80. The van der Waals surface area contributed by atoms with Crippen LogP contribution in [0.15, 0.2) is 46.9 Å². The molecule has 0 aliphatic carbocycles. The van der Waals surface area contributed by atoms with Gasteiger partial charge in [-0.25, -0.2) is 17.6 Å². The third-order valence-corrected chi connectivity index (χ3v) is 4.16. The maximum absolute atomic E-state index is 13.7. The Bertz CT molecular complexity index is 1000. The summed E-state index contributed by atoms with van der Waals surface area (Å²) in [4.78, 5) is 12.1. The van der Waals surface area contributed by atoms with E-state index in [1.807, 2.05) is 12.1 Å². The van der Waals surface area contributed by atoms with Crippen LogP contribution in [0.25, 0.3) is 0 Å². The lowest BCUT2D eigenvalue weighted by molar-refractivity contribution is 0.0991. The SMILES string of the molecule is CC(C)c1ccc(OCc2ccc(C(=O)Nc3c(F)c(F)cc(F)c3F)o2)cc1. The van der Waals surface area contributed by atoms with Gasteiger partial charge in [-0.3, -0.25) is 4.79 Å². The molecule has 1 heterocycles. The highest BCUT2D eigenvalue weighted by atomic mass is 19.2. The fourth-order valence-electron chi connectivity index (χ4n) is 2.54. The van der Waals surface area contributed by atoms with Crippen LogP contribution in [0.2, 0.25) is 0 Å². The number of benzene rings is 2. The van der Waals surface area contributed by atoms with Crippen molar-refractivity contribution in [3.63, 3.8) is 0 Å². The normalized spacial score (nSPS) is 11.0. The van der Waals surface area contributed by atoms with Crippen molar-refractivity contribution in [1.29, 1.82) is 0 Å². The molecule has 0 atom stereocenters. The molecule has 1 N–H and O–H groups in total. The fraction of sp³-hybridized carbons (Fsp3) is 0.190. The molecule has 0 saturated carbocycles. The first-order chi connectivity index (χ1) is 13.8. The molecular weight excluding hydrogens is 390 g/mol. The minimum atomic E-state index is -1.71. The third kappa shape index (κ3) is 4.59. The summed E-state index contributed by atoms with van der Waals surface area (Å²) < 4.78 is 64.6. The lowest BCUT2D eigenvalue weighted by Gasteiger charge is -2.08. The Morgan fingerprint density at radius 3 is 2.21 bits per heavy atom. The van der Waals surface area contributed by atoms with Gasteiger partial charge >= 0.3 is 0 Å². The topological polar surface area (TPSA) is 51.5 Å². The molecule has 4 nitrogen and oxygen atoms in total. The van der Waals surface area contributed by atoms with Crippen LogP contribution in [0, 0.1) is 23.3 Å². The van der Waals surface area contributed by atoms with E-state index in [-0.39, 0.29) is 24.2 Å². The highest BCUT2D eigenvalue weighted by Crippen LogP contribution is 2.25. The van der Waals surface area contributed by atoms with Gasteiger partial charge in [-0.1, -0.05) is 26.0 Å². The summed E-state index contributed by atoms with van der Waals surface area (Å²) in [5, 5.41) is 1.78. The molecule has 0 aliphatic rings. The Morgan fingerprint density at radius 1 is 1.00 bits per heavy atom. The quantitative estimate of drug-likeness (QED) is 0.416.